The minimum Gasteiger partial charge on any atom is -0.457 e. The van der Waals surface area contributed by atoms with Crippen molar-refractivity contribution in [3.8, 4) is 22.8 Å². The molecule has 0 radical (unpaired) electrons. The van der Waals surface area contributed by atoms with Crippen molar-refractivity contribution in [1.82, 2.24) is 9.78 Å². The number of carbonyl (C=O) groups excluding carboxylic acids is 1. The number of nitrogens with one attached hydrogen (secondary N) is 1. The van der Waals surface area contributed by atoms with Crippen LogP contribution in [0.25, 0.3) is 11.3 Å². The van der Waals surface area contributed by atoms with E-state index in [1.165, 1.54) is 6.07 Å². The topological polar surface area (TPSA) is 73.2 Å². The number of ether oxygens (including phenoxy) is 1. The van der Waals surface area contributed by atoms with Crippen LogP contribution in [-0.4, -0.2) is 15.7 Å². The second-order valence-corrected chi connectivity index (χ2v) is 7.62. The number of para-hydroxylation sites is 1. The Morgan fingerprint density at radius 2 is 1.55 bits per heavy atom. The Morgan fingerprint density at radius 1 is 0.871 bits per heavy atom. The molecule has 0 unspecified atom stereocenters. The van der Waals surface area contributed by atoms with Gasteiger partial charge in [-0.1, -0.05) is 46.3 Å². The summed E-state index contributed by atoms with van der Waals surface area (Å²) in [6.07, 6.45) is 0. The number of rotatable bonds is 6. The molecule has 1 N–H and O–H groups in total. The van der Waals surface area contributed by atoms with Crippen LogP contribution in [0.2, 0.25) is 0 Å². The number of carbonyl (C=O) groups is 1. The third-order valence-electron chi connectivity index (χ3n) is 4.42. The fraction of sp³-hybridized carbons (Fsp3) is 0.0417. The maximum Gasteiger partial charge on any atom is 0.267 e. The van der Waals surface area contributed by atoms with E-state index in [0.29, 0.717) is 17.1 Å². The van der Waals surface area contributed by atoms with Crippen LogP contribution in [0.4, 0.5) is 5.69 Å². The minimum absolute atomic E-state index is 0.189. The first kappa shape index (κ1) is 20.6. The highest BCUT2D eigenvalue weighted by Gasteiger charge is 2.09. The summed E-state index contributed by atoms with van der Waals surface area (Å²) in [7, 11) is 0. The van der Waals surface area contributed by atoms with Crippen molar-refractivity contribution in [2.45, 2.75) is 6.54 Å². The van der Waals surface area contributed by atoms with Gasteiger partial charge in [-0.3, -0.25) is 9.59 Å². The van der Waals surface area contributed by atoms with Gasteiger partial charge >= 0.3 is 0 Å². The fourth-order valence-electron chi connectivity index (χ4n) is 2.90. The summed E-state index contributed by atoms with van der Waals surface area (Å²) in [6, 6.07) is 27.1. The molecule has 7 heteroatoms. The third-order valence-corrected chi connectivity index (χ3v) is 4.95. The van der Waals surface area contributed by atoms with Gasteiger partial charge in [-0.05, 0) is 54.6 Å². The molecule has 1 heterocycles. The lowest BCUT2D eigenvalue weighted by Crippen LogP contribution is -2.29. The van der Waals surface area contributed by atoms with Gasteiger partial charge in [-0.2, -0.15) is 5.10 Å². The third kappa shape index (κ3) is 5.46. The first-order valence-electron chi connectivity index (χ1n) is 9.54. The number of amides is 1. The van der Waals surface area contributed by atoms with E-state index in [0.717, 1.165) is 20.5 Å². The second-order valence-electron chi connectivity index (χ2n) is 6.71. The predicted octanol–water partition coefficient (Wildman–Crippen LogP) is 5.10. The summed E-state index contributed by atoms with van der Waals surface area (Å²) in [5.74, 6) is 1.04. The molecular formula is C24H18BrN3O3. The van der Waals surface area contributed by atoms with Gasteiger partial charge < -0.3 is 10.1 Å². The van der Waals surface area contributed by atoms with E-state index in [2.05, 4.69) is 26.3 Å². The fourth-order valence-corrected chi connectivity index (χ4v) is 3.17. The molecular weight excluding hydrogens is 458 g/mol. The summed E-state index contributed by atoms with van der Waals surface area (Å²) in [5, 5.41) is 7.10. The molecule has 0 fully saturated rings. The van der Waals surface area contributed by atoms with Gasteiger partial charge in [0.2, 0.25) is 5.91 Å². The molecule has 0 saturated carbocycles. The van der Waals surface area contributed by atoms with Crippen LogP contribution in [-0.2, 0) is 11.3 Å². The monoisotopic (exact) mass is 475 g/mol. The highest BCUT2D eigenvalue weighted by molar-refractivity contribution is 9.10. The van der Waals surface area contributed by atoms with Crippen LogP contribution < -0.4 is 15.6 Å². The molecule has 31 heavy (non-hydrogen) atoms. The Balaban J connectivity index is 1.42. The van der Waals surface area contributed by atoms with Crippen molar-refractivity contribution >= 4 is 27.5 Å². The normalized spacial score (nSPS) is 10.5. The number of halogens is 1. The van der Waals surface area contributed by atoms with E-state index in [9.17, 15) is 9.59 Å². The summed E-state index contributed by atoms with van der Waals surface area (Å²) in [4.78, 5) is 24.6. The number of hydrogen-bond donors (Lipinski definition) is 1. The van der Waals surface area contributed by atoms with Crippen LogP contribution >= 0.6 is 15.9 Å². The Labute approximate surface area is 187 Å². The summed E-state index contributed by atoms with van der Waals surface area (Å²) in [6.45, 7) is -0.189. The molecule has 1 amide bonds. The summed E-state index contributed by atoms with van der Waals surface area (Å²) >= 11 is 3.39. The van der Waals surface area contributed by atoms with Gasteiger partial charge in [0.1, 0.15) is 18.0 Å². The van der Waals surface area contributed by atoms with Crippen LogP contribution in [0.3, 0.4) is 0 Å². The molecule has 6 nitrogen and oxygen atoms in total. The average molecular weight is 476 g/mol. The molecule has 0 aliphatic rings. The van der Waals surface area contributed by atoms with Crippen LogP contribution in [0, 0.1) is 0 Å². The van der Waals surface area contributed by atoms with Crippen molar-refractivity contribution in [1.29, 1.82) is 0 Å². The zero-order valence-electron chi connectivity index (χ0n) is 16.4. The van der Waals surface area contributed by atoms with Crippen molar-refractivity contribution in [2.24, 2.45) is 0 Å². The van der Waals surface area contributed by atoms with Gasteiger partial charge in [0.15, 0.2) is 0 Å². The highest BCUT2D eigenvalue weighted by Crippen LogP contribution is 2.23. The summed E-state index contributed by atoms with van der Waals surface area (Å²) in [5.41, 5.74) is 1.72. The van der Waals surface area contributed by atoms with Gasteiger partial charge in [0.05, 0.1) is 5.69 Å². The lowest BCUT2D eigenvalue weighted by Gasteiger charge is -2.10. The van der Waals surface area contributed by atoms with E-state index in [1.807, 2.05) is 54.6 Å². The Morgan fingerprint density at radius 3 is 2.26 bits per heavy atom. The smallest absolute Gasteiger partial charge is 0.267 e. The maximum absolute atomic E-state index is 12.5. The van der Waals surface area contributed by atoms with Crippen LogP contribution in [0.15, 0.2) is 100 Å². The first-order chi connectivity index (χ1) is 15.1. The van der Waals surface area contributed by atoms with Gasteiger partial charge in [0, 0.05) is 21.8 Å². The molecule has 154 valence electrons. The molecule has 0 aliphatic heterocycles. The lowest BCUT2D eigenvalue weighted by molar-refractivity contribution is -0.117. The van der Waals surface area contributed by atoms with E-state index < -0.39 is 0 Å². The van der Waals surface area contributed by atoms with Gasteiger partial charge in [-0.25, -0.2) is 4.68 Å². The summed E-state index contributed by atoms with van der Waals surface area (Å²) < 4.78 is 7.84. The molecule has 0 aliphatic carbocycles. The van der Waals surface area contributed by atoms with Crippen molar-refractivity contribution in [3.05, 3.63) is 106 Å². The maximum atomic E-state index is 12.5. The molecule has 0 bridgehead atoms. The van der Waals surface area contributed by atoms with Crippen molar-refractivity contribution < 1.29 is 9.53 Å². The SMILES string of the molecule is O=C(Cn1nc(-c2ccc(Br)cc2)ccc1=O)Nc1ccc(Oc2ccccc2)cc1. The molecule has 4 rings (SSSR count). The Kier molecular flexibility index (Phi) is 6.24. The number of aromatic nitrogens is 2. The number of nitrogens with zero attached hydrogens (tertiary/aromatic N) is 2. The number of benzene rings is 3. The molecule has 3 aromatic carbocycles. The van der Waals surface area contributed by atoms with Crippen LogP contribution in [0.5, 0.6) is 11.5 Å². The zero-order valence-corrected chi connectivity index (χ0v) is 18.0. The number of anilines is 1. The zero-order chi connectivity index (χ0) is 21.6. The average Bonchev–Trinajstić information content (AvgIpc) is 2.78. The molecule has 0 saturated heterocycles. The van der Waals surface area contributed by atoms with E-state index in [4.69, 9.17) is 4.74 Å². The lowest BCUT2D eigenvalue weighted by atomic mass is 10.1. The standard InChI is InChI=1S/C24H18BrN3O3/c25-18-8-6-17(7-9-18)22-14-15-24(30)28(27-22)16-23(29)26-19-10-12-21(13-11-19)31-20-4-2-1-3-5-20/h1-15H,16H2,(H,26,29). The second kappa shape index (κ2) is 9.40. The van der Waals surface area contributed by atoms with Crippen molar-refractivity contribution in [2.75, 3.05) is 5.32 Å². The molecule has 0 spiro atoms. The minimum atomic E-state index is -0.348. The quantitative estimate of drug-likeness (QED) is 0.420. The van der Waals surface area contributed by atoms with E-state index >= 15 is 0 Å². The molecule has 4 aromatic rings. The van der Waals surface area contributed by atoms with E-state index in [-0.39, 0.29) is 18.0 Å². The molecule has 1 aromatic heterocycles. The van der Waals surface area contributed by atoms with Gasteiger partial charge in [0.25, 0.3) is 5.56 Å². The predicted molar refractivity (Wildman–Crippen MR) is 123 cm³/mol. The van der Waals surface area contributed by atoms with Crippen LogP contribution in [0.1, 0.15) is 0 Å². The van der Waals surface area contributed by atoms with Gasteiger partial charge in [-0.15, -0.1) is 0 Å². The number of hydrogen-bond acceptors (Lipinski definition) is 4. The van der Waals surface area contributed by atoms with Crippen molar-refractivity contribution in [3.63, 3.8) is 0 Å². The first-order valence-corrected chi connectivity index (χ1v) is 10.3. The highest BCUT2D eigenvalue weighted by atomic mass is 79.9. The van der Waals surface area contributed by atoms with E-state index in [1.54, 1.807) is 30.3 Å². The Hall–Kier alpha value is -3.71. The Bertz CT molecular complexity index is 1240. The largest absolute Gasteiger partial charge is 0.457 e. The molecule has 0 atom stereocenters.